The fourth-order valence-electron chi connectivity index (χ4n) is 1.83. The molecule has 1 aliphatic rings. The van der Waals surface area contributed by atoms with Gasteiger partial charge in [-0.05, 0) is 46.0 Å². The van der Waals surface area contributed by atoms with Gasteiger partial charge < -0.3 is 5.73 Å². The minimum absolute atomic E-state index is 0.178. The summed E-state index contributed by atoms with van der Waals surface area (Å²) in [5.74, 6) is 0.407. The van der Waals surface area contributed by atoms with E-state index in [1.54, 1.807) is 18.2 Å². The quantitative estimate of drug-likeness (QED) is 0.660. The average Bonchev–Trinajstić information content (AvgIpc) is 2.74. The predicted molar refractivity (Wildman–Crippen MR) is 64.8 cm³/mol. The molecule has 1 fully saturated rings. The Hall–Kier alpha value is -0.830. The number of anilines is 1. The van der Waals surface area contributed by atoms with E-state index < -0.39 is 0 Å². The largest absolute Gasteiger partial charge is 0.399 e. The molecule has 1 atom stereocenters. The summed E-state index contributed by atoms with van der Waals surface area (Å²) in [4.78, 5) is 12.1. The standard InChI is InChI=1S/C12H14BrNO/c1-12(2)6-9(12)11(15)8-4-3-7(14)5-10(8)13/h3-5,9H,6,14H2,1-2H3. The molecule has 0 bridgehead atoms. The van der Waals surface area contributed by atoms with Gasteiger partial charge in [-0.1, -0.05) is 13.8 Å². The van der Waals surface area contributed by atoms with E-state index in [4.69, 9.17) is 5.73 Å². The number of nitrogen functional groups attached to an aromatic ring is 1. The van der Waals surface area contributed by atoms with Crippen LogP contribution in [-0.2, 0) is 0 Å². The summed E-state index contributed by atoms with van der Waals surface area (Å²) in [7, 11) is 0. The van der Waals surface area contributed by atoms with Gasteiger partial charge in [0.25, 0.3) is 0 Å². The highest BCUT2D eigenvalue weighted by Crippen LogP contribution is 2.53. The van der Waals surface area contributed by atoms with Gasteiger partial charge in [-0.3, -0.25) is 4.79 Å². The lowest BCUT2D eigenvalue weighted by atomic mass is 10.0. The Kier molecular flexibility index (Phi) is 2.38. The van der Waals surface area contributed by atoms with Crippen LogP contribution in [0.2, 0.25) is 0 Å². The van der Waals surface area contributed by atoms with Crippen LogP contribution in [0, 0.1) is 11.3 Å². The van der Waals surface area contributed by atoms with E-state index in [2.05, 4.69) is 29.8 Å². The van der Waals surface area contributed by atoms with Crippen molar-refractivity contribution in [2.24, 2.45) is 11.3 Å². The van der Waals surface area contributed by atoms with Gasteiger partial charge in [-0.25, -0.2) is 0 Å². The zero-order valence-corrected chi connectivity index (χ0v) is 10.5. The summed E-state index contributed by atoms with van der Waals surface area (Å²) >= 11 is 3.38. The number of Topliss-reactive ketones (excluding diaryl/α,β-unsaturated/α-hetero) is 1. The summed E-state index contributed by atoms with van der Waals surface area (Å²) < 4.78 is 0.801. The summed E-state index contributed by atoms with van der Waals surface area (Å²) in [6.45, 7) is 4.25. The van der Waals surface area contributed by atoms with E-state index in [1.807, 2.05) is 0 Å². The number of carbonyl (C=O) groups excluding carboxylic acids is 1. The van der Waals surface area contributed by atoms with Crippen molar-refractivity contribution in [3.63, 3.8) is 0 Å². The van der Waals surface area contributed by atoms with Crippen LogP contribution in [-0.4, -0.2) is 5.78 Å². The number of benzene rings is 1. The maximum Gasteiger partial charge on any atom is 0.167 e. The third kappa shape index (κ3) is 1.93. The van der Waals surface area contributed by atoms with E-state index in [0.717, 1.165) is 16.5 Å². The van der Waals surface area contributed by atoms with Crippen molar-refractivity contribution >= 4 is 27.4 Å². The Balaban J connectivity index is 2.27. The molecule has 3 heteroatoms. The molecule has 0 heterocycles. The van der Waals surface area contributed by atoms with Gasteiger partial charge in [0.2, 0.25) is 0 Å². The van der Waals surface area contributed by atoms with Crippen molar-refractivity contribution in [3.05, 3.63) is 28.2 Å². The van der Waals surface area contributed by atoms with Crippen LogP contribution in [0.5, 0.6) is 0 Å². The van der Waals surface area contributed by atoms with Gasteiger partial charge in [0.1, 0.15) is 0 Å². The average molecular weight is 268 g/mol. The summed E-state index contributed by atoms with van der Waals surface area (Å²) in [6.07, 6.45) is 0.989. The molecule has 80 valence electrons. The highest BCUT2D eigenvalue weighted by molar-refractivity contribution is 9.10. The molecule has 0 radical (unpaired) electrons. The topological polar surface area (TPSA) is 43.1 Å². The molecule has 2 N–H and O–H groups in total. The number of nitrogens with two attached hydrogens (primary N) is 1. The first-order chi connectivity index (χ1) is 6.92. The Morgan fingerprint density at radius 2 is 2.13 bits per heavy atom. The van der Waals surface area contributed by atoms with Gasteiger partial charge in [0, 0.05) is 21.6 Å². The Labute approximate surface area is 98.0 Å². The summed E-state index contributed by atoms with van der Waals surface area (Å²) in [5, 5.41) is 0. The van der Waals surface area contributed by atoms with Gasteiger partial charge in [-0.2, -0.15) is 0 Å². The molecule has 0 aromatic heterocycles. The smallest absolute Gasteiger partial charge is 0.167 e. The fraction of sp³-hybridized carbons (Fsp3) is 0.417. The van der Waals surface area contributed by atoms with Gasteiger partial charge in [0.15, 0.2) is 5.78 Å². The summed E-state index contributed by atoms with van der Waals surface area (Å²) in [6, 6.07) is 5.35. The molecule has 0 aliphatic heterocycles. The Bertz CT molecular complexity index is 426. The maximum atomic E-state index is 12.1. The van der Waals surface area contributed by atoms with Crippen LogP contribution >= 0.6 is 15.9 Å². The molecule has 1 aromatic rings. The number of rotatable bonds is 2. The van der Waals surface area contributed by atoms with E-state index in [-0.39, 0.29) is 17.1 Å². The highest BCUT2D eigenvalue weighted by Gasteiger charge is 2.50. The third-order valence-corrected chi connectivity index (χ3v) is 3.74. The molecule has 1 aromatic carbocycles. The molecule has 1 saturated carbocycles. The monoisotopic (exact) mass is 267 g/mol. The Morgan fingerprint density at radius 3 is 2.60 bits per heavy atom. The van der Waals surface area contributed by atoms with Crippen LogP contribution < -0.4 is 5.73 Å². The number of halogens is 1. The zero-order chi connectivity index (χ0) is 11.2. The minimum Gasteiger partial charge on any atom is -0.399 e. The van der Waals surface area contributed by atoms with Gasteiger partial charge in [0.05, 0.1) is 0 Å². The zero-order valence-electron chi connectivity index (χ0n) is 8.88. The lowest BCUT2D eigenvalue weighted by Gasteiger charge is -2.06. The minimum atomic E-state index is 0.178. The first-order valence-electron chi connectivity index (χ1n) is 5.01. The van der Waals surface area contributed by atoms with Crippen molar-refractivity contribution in [1.29, 1.82) is 0 Å². The Morgan fingerprint density at radius 1 is 1.53 bits per heavy atom. The van der Waals surface area contributed by atoms with Crippen molar-refractivity contribution in [1.82, 2.24) is 0 Å². The SMILES string of the molecule is CC1(C)CC1C(=O)c1ccc(N)cc1Br. The molecular weight excluding hydrogens is 254 g/mol. The molecular formula is C12H14BrNO. The lowest BCUT2D eigenvalue weighted by molar-refractivity contribution is 0.0952. The maximum absolute atomic E-state index is 12.1. The number of ketones is 1. The predicted octanol–water partition coefficient (Wildman–Crippen LogP) is 3.26. The highest BCUT2D eigenvalue weighted by atomic mass is 79.9. The van der Waals surface area contributed by atoms with Crippen LogP contribution in [0.4, 0.5) is 5.69 Å². The number of hydrogen-bond donors (Lipinski definition) is 1. The van der Waals surface area contributed by atoms with Gasteiger partial charge in [-0.15, -0.1) is 0 Å². The molecule has 1 unspecified atom stereocenters. The number of carbonyl (C=O) groups is 1. The first-order valence-corrected chi connectivity index (χ1v) is 5.80. The van der Waals surface area contributed by atoms with E-state index in [1.165, 1.54) is 0 Å². The summed E-state index contributed by atoms with van der Waals surface area (Å²) in [5.41, 5.74) is 7.23. The first kappa shape index (κ1) is 10.7. The van der Waals surface area contributed by atoms with Crippen molar-refractivity contribution in [3.8, 4) is 0 Å². The van der Waals surface area contributed by atoms with Crippen LogP contribution in [0.15, 0.2) is 22.7 Å². The third-order valence-electron chi connectivity index (χ3n) is 3.09. The van der Waals surface area contributed by atoms with Crippen molar-refractivity contribution in [2.45, 2.75) is 20.3 Å². The van der Waals surface area contributed by atoms with E-state index in [9.17, 15) is 4.79 Å². The van der Waals surface area contributed by atoms with Crippen LogP contribution in [0.25, 0.3) is 0 Å². The fourth-order valence-corrected chi connectivity index (χ4v) is 2.43. The molecule has 2 nitrogen and oxygen atoms in total. The lowest BCUT2D eigenvalue weighted by Crippen LogP contribution is -2.07. The normalized spacial score (nSPS) is 22.5. The van der Waals surface area contributed by atoms with Gasteiger partial charge >= 0.3 is 0 Å². The number of hydrogen-bond acceptors (Lipinski definition) is 2. The molecule has 0 saturated heterocycles. The molecule has 1 aliphatic carbocycles. The molecule has 2 rings (SSSR count). The second kappa shape index (κ2) is 3.34. The second-order valence-corrected chi connectivity index (χ2v) is 5.70. The molecule has 15 heavy (non-hydrogen) atoms. The van der Waals surface area contributed by atoms with Crippen LogP contribution in [0.1, 0.15) is 30.6 Å². The van der Waals surface area contributed by atoms with Crippen LogP contribution in [0.3, 0.4) is 0 Å². The van der Waals surface area contributed by atoms with E-state index in [0.29, 0.717) is 5.69 Å². The molecule has 0 amide bonds. The second-order valence-electron chi connectivity index (χ2n) is 4.85. The van der Waals surface area contributed by atoms with Crippen molar-refractivity contribution < 1.29 is 4.79 Å². The molecule has 0 spiro atoms. The van der Waals surface area contributed by atoms with E-state index >= 15 is 0 Å². The van der Waals surface area contributed by atoms with Crippen molar-refractivity contribution in [2.75, 3.05) is 5.73 Å².